The molecular weight excluding hydrogens is 368 g/mol. The molecule has 8 heteroatoms. The van der Waals surface area contributed by atoms with Crippen molar-refractivity contribution in [2.45, 2.75) is 19.4 Å². The van der Waals surface area contributed by atoms with E-state index in [9.17, 15) is 14.7 Å². The smallest absolute Gasteiger partial charge is 0.330 e. The van der Waals surface area contributed by atoms with Crippen LogP contribution in [0.5, 0.6) is 5.75 Å². The van der Waals surface area contributed by atoms with Gasteiger partial charge in [-0.2, -0.15) is 0 Å². The lowest BCUT2D eigenvalue weighted by Gasteiger charge is -2.15. The van der Waals surface area contributed by atoms with E-state index >= 15 is 0 Å². The molecule has 2 N–H and O–H groups in total. The van der Waals surface area contributed by atoms with Crippen molar-refractivity contribution in [1.29, 1.82) is 0 Å². The van der Waals surface area contributed by atoms with Crippen molar-refractivity contribution in [3.05, 3.63) is 46.1 Å². The number of hydrogen-bond acceptors (Lipinski definition) is 5. The molecule has 0 radical (unpaired) electrons. The Hall–Kier alpha value is -2.35. The molecule has 0 spiro atoms. The van der Waals surface area contributed by atoms with Gasteiger partial charge in [0.2, 0.25) is 0 Å². The number of amides is 1. The summed E-state index contributed by atoms with van der Waals surface area (Å²) < 4.78 is 10.8. The third-order valence-electron chi connectivity index (χ3n) is 3.21. The van der Waals surface area contributed by atoms with Crippen LogP contribution in [0.15, 0.2) is 33.5 Å². The average Bonchev–Trinajstić information content (AvgIpc) is 3.00. The van der Waals surface area contributed by atoms with Crippen molar-refractivity contribution < 1.29 is 23.8 Å². The summed E-state index contributed by atoms with van der Waals surface area (Å²) in [5.74, 6) is -0.816. The number of ether oxygens (including phenoxy) is 1. The summed E-state index contributed by atoms with van der Waals surface area (Å²) in [6.45, 7) is 1.81. The van der Waals surface area contributed by atoms with Crippen molar-refractivity contribution in [2.75, 3.05) is 7.11 Å². The minimum Gasteiger partial charge on any atom is -0.496 e. The van der Waals surface area contributed by atoms with Gasteiger partial charge < -0.3 is 19.6 Å². The molecule has 1 amide bonds. The Morgan fingerprint density at radius 3 is 2.78 bits per heavy atom. The standard InChI is InChI=1S/C15H15BrN2O5/c1-3-10-13(17-7-23-10)14(19)18-12(15(20)21)8-4-5-11(22-2)9(16)6-8/h4-7,12H,3H2,1-2H3,(H,18,19)(H,20,21). The van der Waals surface area contributed by atoms with E-state index in [4.69, 9.17) is 9.15 Å². The van der Waals surface area contributed by atoms with Crippen LogP contribution in [0, 0.1) is 0 Å². The molecule has 0 fully saturated rings. The highest BCUT2D eigenvalue weighted by Crippen LogP contribution is 2.28. The van der Waals surface area contributed by atoms with Crippen molar-refractivity contribution in [3.63, 3.8) is 0 Å². The van der Waals surface area contributed by atoms with Crippen LogP contribution in [-0.4, -0.2) is 29.1 Å². The van der Waals surface area contributed by atoms with Crippen LogP contribution in [0.25, 0.3) is 0 Å². The van der Waals surface area contributed by atoms with E-state index in [0.717, 1.165) is 6.39 Å². The van der Waals surface area contributed by atoms with E-state index in [0.29, 0.717) is 28.0 Å². The molecule has 122 valence electrons. The van der Waals surface area contributed by atoms with Crippen LogP contribution in [0.3, 0.4) is 0 Å². The van der Waals surface area contributed by atoms with Crippen LogP contribution in [-0.2, 0) is 11.2 Å². The number of rotatable bonds is 6. The maximum atomic E-state index is 12.2. The minimum absolute atomic E-state index is 0.0892. The fourth-order valence-corrected chi connectivity index (χ4v) is 2.61. The van der Waals surface area contributed by atoms with E-state index in [1.807, 2.05) is 6.92 Å². The van der Waals surface area contributed by atoms with E-state index in [2.05, 4.69) is 26.2 Å². The first-order valence-corrected chi connectivity index (χ1v) is 7.56. The fraction of sp³-hybridized carbons (Fsp3) is 0.267. The number of nitrogens with one attached hydrogen (secondary N) is 1. The molecule has 1 aromatic heterocycles. The quantitative estimate of drug-likeness (QED) is 0.795. The number of halogens is 1. The van der Waals surface area contributed by atoms with Crippen LogP contribution < -0.4 is 10.1 Å². The predicted molar refractivity (Wildman–Crippen MR) is 84.4 cm³/mol. The number of aromatic nitrogens is 1. The monoisotopic (exact) mass is 382 g/mol. The minimum atomic E-state index is -1.22. The lowest BCUT2D eigenvalue weighted by atomic mass is 10.1. The third-order valence-corrected chi connectivity index (χ3v) is 3.83. The zero-order valence-electron chi connectivity index (χ0n) is 12.5. The number of hydrogen-bond donors (Lipinski definition) is 2. The van der Waals surface area contributed by atoms with Crippen molar-refractivity contribution in [2.24, 2.45) is 0 Å². The first kappa shape index (κ1) is 17.0. The van der Waals surface area contributed by atoms with Gasteiger partial charge in [0.25, 0.3) is 5.91 Å². The van der Waals surface area contributed by atoms with Crippen molar-refractivity contribution >= 4 is 27.8 Å². The summed E-state index contributed by atoms with van der Waals surface area (Å²) in [6, 6.07) is 3.56. The summed E-state index contributed by atoms with van der Waals surface area (Å²) in [4.78, 5) is 27.6. The Morgan fingerprint density at radius 2 is 2.22 bits per heavy atom. The summed E-state index contributed by atoms with van der Waals surface area (Å²) in [5.41, 5.74) is 0.492. The number of carboxylic acids is 1. The summed E-state index contributed by atoms with van der Waals surface area (Å²) in [7, 11) is 1.51. The van der Waals surface area contributed by atoms with Gasteiger partial charge in [-0.25, -0.2) is 9.78 Å². The maximum Gasteiger partial charge on any atom is 0.330 e. The number of methoxy groups -OCH3 is 1. The zero-order valence-corrected chi connectivity index (χ0v) is 14.1. The Labute approximate surface area is 140 Å². The topological polar surface area (TPSA) is 102 Å². The predicted octanol–water partition coefficient (Wildman–Crippen LogP) is 2.56. The first-order chi connectivity index (χ1) is 11.0. The number of aryl methyl sites for hydroxylation is 1. The molecular formula is C15H15BrN2O5. The van der Waals surface area contributed by atoms with E-state index < -0.39 is 17.9 Å². The number of carbonyl (C=O) groups excluding carboxylic acids is 1. The van der Waals surface area contributed by atoms with Crippen LogP contribution in [0.2, 0.25) is 0 Å². The number of carboxylic acid groups (broad SMARTS) is 1. The van der Waals surface area contributed by atoms with E-state index in [1.54, 1.807) is 18.2 Å². The highest BCUT2D eigenvalue weighted by Gasteiger charge is 2.26. The van der Waals surface area contributed by atoms with Gasteiger partial charge >= 0.3 is 5.97 Å². The van der Waals surface area contributed by atoms with Crippen LogP contribution in [0.4, 0.5) is 0 Å². The van der Waals surface area contributed by atoms with Gasteiger partial charge in [0.1, 0.15) is 11.5 Å². The highest BCUT2D eigenvalue weighted by molar-refractivity contribution is 9.10. The molecule has 0 saturated heterocycles. The molecule has 1 aromatic carbocycles. The van der Waals surface area contributed by atoms with Crippen molar-refractivity contribution in [3.8, 4) is 5.75 Å². The number of nitrogens with zero attached hydrogens (tertiary/aromatic N) is 1. The van der Waals surface area contributed by atoms with Gasteiger partial charge in [-0.15, -0.1) is 0 Å². The molecule has 0 saturated carbocycles. The van der Waals surface area contributed by atoms with E-state index in [-0.39, 0.29) is 5.69 Å². The molecule has 23 heavy (non-hydrogen) atoms. The van der Waals surface area contributed by atoms with Crippen molar-refractivity contribution in [1.82, 2.24) is 10.3 Å². The Bertz CT molecular complexity index is 728. The second-order valence-electron chi connectivity index (χ2n) is 4.62. The molecule has 7 nitrogen and oxygen atoms in total. The Kier molecular flexibility index (Phi) is 5.38. The molecule has 2 rings (SSSR count). The number of benzene rings is 1. The summed E-state index contributed by atoms with van der Waals surface area (Å²) in [5, 5.41) is 11.9. The maximum absolute atomic E-state index is 12.2. The lowest BCUT2D eigenvalue weighted by molar-refractivity contribution is -0.139. The molecule has 0 aliphatic carbocycles. The number of aliphatic carboxylic acids is 1. The molecule has 2 aromatic rings. The fourth-order valence-electron chi connectivity index (χ4n) is 2.06. The van der Waals surface area contributed by atoms with Gasteiger partial charge in [-0.3, -0.25) is 4.79 Å². The largest absolute Gasteiger partial charge is 0.496 e. The molecule has 1 unspecified atom stereocenters. The average molecular weight is 383 g/mol. The molecule has 0 bridgehead atoms. The number of oxazole rings is 1. The second-order valence-corrected chi connectivity index (χ2v) is 5.47. The third kappa shape index (κ3) is 3.70. The molecule has 1 atom stereocenters. The first-order valence-electron chi connectivity index (χ1n) is 6.77. The van der Waals surface area contributed by atoms with Crippen LogP contribution in [0.1, 0.15) is 34.8 Å². The molecule has 0 aliphatic rings. The van der Waals surface area contributed by atoms with Gasteiger partial charge in [-0.05, 0) is 33.6 Å². The second kappa shape index (κ2) is 7.28. The van der Waals surface area contributed by atoms with Crippen LogP contribution >= 0.6 is 15.9 Å². The summed E-state index contributed by atoms with van der Waals surface area (Å²) >= 11 is 3.29. The van der Waals surface area contributed by atoms with E-state index in [1.165, 1.54) is 7.11 Å². The van der Waals surface area contributed by atoms with Gasteiger partial charge in [0.15, 0.2) is 18.1 Å². The Balaban J connectivity index is 2.27. The molecule has 1 heterocycles. The SMILES string of the molecule is CCc1ocnc1C(=O)NC(C(=O)O)c1ccc(OC)c(Br)c1. The van der Waals surface area contributed by atoms with Gasteiger partial charge in [0, 0.05) is 6.42 Å². The number of carbonyl (C=O) groups is 2. The zero-order chi connectivity index (χ0) is 17.0. The Morgan fingerprint density at radius 1 is 1.48 bits per heavy atom. The highest BCUT2D eigenvalue weighted by atomic mass is 79.9. The van der Waals surface area contributed by atoms with Gasteiger partial charge in [0.05, 0.1) is 11.6 Å². The molecule has 0 aliphatic heterocycles. The lowest BCUT2D eigenvalue weighted by Crippen LogP contribution is -2.34. The normalized spacial score (nSPS) is 11.8. The van der Waals surface area contributed by atoms with Gasteiger partial charge in [-0.1, -0.05) is 13.0 Å². The summed E-state index contributed by atoms with van der Waals surface area (Å²) in [6.07, 6.45) is 1.64.